The molecule has 0 radical (unpaired) electrons. The van der Waals surface area contributed by atoms with Crippen molar-refractivity contribution in [2.24, 2.45) is 5.41 Å². The highest BCUT2D eigenvalue weighted by atomic mass is 32.1. The number of nitrogens with one attached hydrogen (secondary N) is 1. The monoisotopic (exact) mass is 283 g/mol. The Balaban J connectivity index is 1.91. The fraction of sp³-hybridized carbons (Fsp3) is 0.643. The molecular formula is C14H21NO3S. The summed E-state index contributed by atoms with van der Waals surface area (Å²) in [4.78, 5) is 12.5. The molecule has 1 aliphatic rings. The van der Waals surface area contributed by atoms with Crippen LogP contribution in [0.5, 0.6) is 0 Å². The van der Waals surface area contributed by atoms with Crippen LogP contribution in [0.15, 0.2) is 17.5 Å². The second kappa shape index (κ2) is 5.23. The molecule has 1 heterocycles. The molecule has 2 atom stereocenters. The van der Waals surface area contributed by atoms with Crippen molar-refractivity contribution in [1.82, 2.24) is 5.32 Å². The molecule has 1 saturated carbocycles. The van der Waals surface area contributed by atoms with E-state index in [-0.39, 0.29) is 24.0 Å². The van der Waals surface area contributed by atoms with Crippen LogP contribution < -0.4 is 5.32 Å². The maximum atomic E-state index is 11.9. The first-order valence-corrected chi connectivity index (χ1v) is 7.44. The maximum Gasteiger partial charge on any atom is 0.261 e. The quantitative estimate of drug-likeness (QED) is 0.869. The highest BCUT2D eigenvalue weighted by Gasteiger charge is 2.59. The summed E-state index contributed by atoms with van der Waals surface area (Å²) in [5.41, 5.74) is -1.23. The van der Waals surface area contributed by atoms with Gasteiger partial charge in [-0.1, -0.05) is 19.9 Å². The molecule has 0 bridgehead atoms. The van der Waals surface area contributed by atoms with Crippen molar-refractivity contribution in [3.63, 3.8) is 0 Å². The minimum absolute atomic E-state index is 0.0566. The molecule has 0 aliphatic heterocycles. The summed E-state index contributed by atoms with van der Waals surface area (Å²) in [7, 11) is 0. The zero-order valence-corrected chi connectivity index (χ0v) is 12.4. The predicted octanol–water partition coefficient (Wildman–Crippen LogP) is 2.04. The molecule has 5 heteroatoms. The molecule has 1 amide bonds. The lowest BCUT2D eigenvalue weighted by molar-refractivity contribution is -0.237. The standard InChI is InChI=1S/C14H21NO3S/c1-4-18-11-8-14(17,13(11,2)3)9-15-12(16)10-6-5-7-19-10/h5-7,11,17H,4,8-9H2,1-3H3,(H,15,16)/t11-,14+/m0/s1. The van der Waals surface area contributed by atoms with E-state index in [1.807, 2.05) is 32.2 Å². The van der Waals surface area contributed by atoms with Crippen LogP contribution in [0.25, 0.3) is 0 Å². The Morgan fingerprint density at radius 3 is 2.89 bits per heavy atom. The topological polar surface area (TPSA) is 58.6 Å². The van der Waals surface area contributed by atoms with Gasteiger partial charge in [0.15, 0.2) is 0 Å². The van der Waals surface area contributed by atoms with E-state index in [9.17, 15) is 9.90 Å². The van der Waals surface area contributed by atoms with Crippen molar-refractivity contribution >= 4 is 17.2 Å². The molecule has 0 saturated heterocycles. The molecule has 1 aliphatic carbocycles. The average Bonchev–Trinajstić information content (AvgIpc) is 2.89. The van der Waals surface area contributed by atoms with Crippen molar-refractivity contribution in [1.29, 1.82) is 0 Å². The molecule has 0 spiro atoms. The summed E-state index contributed by atoms with van der Waals surface area (Å²) in [6.45, 7) is 6.82. The number of hydrogen-bond acceptors (Lipinski definition) is 4. The smallest absolute Gasteiger partial charge is 0.261 e. The van der Waals surface area contributed by atoms with Crippen LogP contribution in [0.1, 0.15) is 36.9 Å². The average molecular weight is 283 g/mol. The second-order valence-electron chi connectivity index (χ2n) is 5.56. The van der Waals surface area contributed by atoms with Crippen molar-refractivity contribution < 1.29 is 14.6 Å². The van der Waals surface area contributed by atoms with E-state index < -0.39 is 5.60 Å². The maximum absolute atomic E-state index is 11.9. The molecule has 0 aromatic carbocycles. The predicted molar refractivity (Wildman–Crippen MR) is 75.4 cm³/mol. The van der Waals surface area contributed by atoms with E-state index in [1.165, 1.54) is 11.3 Å². The van der Waals surface area contributed by atoms with Gasteiger partial charge in [-0.2, -0.15) is 0 Å². The first-order valence-electron chi connectivity index (χ1n) is 6.56. The Morgan fingerprint density at radius 2 is 2.37 bits per heavy atom. The SMILES string of the molecule is CCO[C@H]1C[C@@](O)(CNC(=O)c2cccs2)C1(C)C. The zero-order valence-electron chi connectivity index (χ0n) is 11.6. The summed E-state index contributed by atoms with van der Waals surface area (Å²) < 4.78 is 5.60. The van der Waals surface area contributed by atoms with Crippen LogP contribution in [0, 0.1) is 5.41 Å². The minimum Gasteiger partial charge on any atom is -0.387 e. The molecule has 106 valence electrons. The molecular weight excluding hydrogens is 262 g/mol. The van der Waals surface area contributed by atoms with E-state index >= 15 is 0 Å². The number of ether oxygens (including phenoxy) is 1. The number of rotatable bonds is 5. The molecule has 4 nitrogen and oxygen atoms in total. The largest absolute Gasteiger partial charge is 0.387 e. The van der Waals surface area contributed by atoms with Crippen molar-refractivity contribution in [2.75, 3.05) is 13.2 Å². The van der Waals surface area contributed by atoms with E-state index in [0.29, 0.717) is 17.9 Å². The number of amides is 1. The van der Waals surface area contributed by atoms with Gasteiger partial charge in [-0.05, 0) is 18.4 Å². The van der Waals surface area contributed by atoms with Gasteiger partial charge in [-0.15, -0.1) is 11.3 Å². The summed E-state index contributed by atoms with van der Waals surface area (Å²) in [6, 6.07) is 3.62. The van der Waals surface area contributed by atoms with Gasteiger partial charge in [0.2, 0.25) is 0 Å². The Morgan fingerprint density at radius 1 is 1.63 bits per heavy atom. The zero-order chi connectivity index (χ0) is 14.1. The van der Waals surface area contributed by atoms with Crippen LogP contribution >= 0.6 is 11.3 Å². The number of aliphatic hydroxyl groups is 1. The van der Waals surface area contributed by atoms with E-state index in [2.05, 4.69) is 5.32 Å². The van der Waals surface area contributed by atoms with Gasteiger partial charge < -0.3 is 15.2 Å². The Kier molecular flexibility index (Phi) is 3.99. The fourth-order valence-corrected chi connectivity index (χ4v) is 3.12. The third-order valence-corrected chi connectivity index (χ3v) is 5.05. The third kappa shape index (κ3) is 2.55. The van der Waals surface area contributed by atoms with Crippen molar-refractivity contribution in [3.05, 3.63) is 22.4 Å². The lowest BCUT2D eigenvalue weighted by Gasteiger charge is -2.57. The molecule has 1 aromatic rings. The summed E-state index contributed by atoms with van der Waals surface area (Å²) in [6.07, 6.45) is 0.625. The normalized spacial score (nSPS) is 28.7. The first kappa shape index (κ1) is 14.5. The lowest BCUT2D eigenvalue weighted by Crippen LogP contribution is -2.68. The lowest BCUT2D eigenvalue weighted by atomic mass is 9.56. The highest BCUT2D eigenvalue weighted by molar-refractivity contribution is 7.12. The van der Waals surface area contributed by atoms with Crippen LogP contribution in [0.2, 0.25) is 0 Å². The summed E-state index contributed by atoms with van der Waals surface area (Å²) in [5.74, 6) is -0.126. The molecule has 1 aromatic heterocycles. The molecule has 19 heavy (non-hydrogen) atoms. The van der Waals surface area contributed by atoms with Gasteiger partial charge in [0.05, 0.1) is 16.6 Å². The fourth-order valence-electron chi connectivity index (χ4n) is 2.48. The Labute approximate surface area is 117 Å². The van der Waals surface area contributed by atoms with Gasteiger partial charge in [0, 0.05) is 25.0 Å². The van der Waals surface area contributed by atoms with Gasteiger partial charge in [-0.3, -0.25) is 4.79 Å². The van der Waals surface area contributed by atoms with Crippen LogP contribution in [0.3, 0.4) is 0 Å². The van der Waals surface area contributed by atoms with Crippen molar-refractivity contribution in [2.45, 2.75) is 38.9 Å². The first-order chi connectivity index (χ1) is 8.90. The molecule has 0 unspecified atom stereocenters. The van der Waals surface area contributed by atoms with E-state index in [1.54, 1.807) is 6.07 Å². The van der Waals surface area contributed by atoms with E-state index in [4.69, 9.17) is 4.74 Å². The summed E-state index contributed by atoms with van der Waals surface area (Å²) >= 11 is 1.40. The van der Waals surface area contributed by atoms with Crippen LogP contribution in [-0.2, 0) is 4.74 Å². The van der Waals surface area contributed by atoms with E-state index in [0.717, 1.165) is 0 Å². The van der Waals surface area contributed by atoms with Crippen LogP contribution in [-0.4, -0.2) is 35.9 Å². The second-order valence-corrected chi connectivity index (χ2v) is 6.51. The van der Waals surface area contributed by atoms with Gasteiger partial charge >= 0.3 is 0 Å². The number of hydrogen-bond donors (Lipinski definition) is 2. The van der Waals surface area contributed by atoms with Crippen LogP contribution in [0.4, 0.5) is 0 Å². The van der Waals surface area contributed by atoms with Gasteiger partial charge in [0.1, 0.15) is 0 Å². The number of thiophene rings is 1. The number of carbonyl (C=O) groups excluding carboxylic acids is 1. The van der Waals surface area contributed by atoms with Gasteiger partial charge in [0.25, 0.3) is 5.91 Å². The third-order valence-electron chi connectivity index (χ3n) is 4.18. The minimum atomic E-state index is -0.889. The highest BCUT2D eigenvalue weighted by Crippen LogP contribution is 2.50. The number of carbonyl (C=O) groups is 1. The van der Waals surface area contributed by atoms with Gasteiger partial charge in [-0.25, -0.2) is 0 Å². The summed E-state index contributed by atoms with van der Waals surface area (Å²) in [5, 5.41) is 15.3. The van der Waals surface area contributed by atoms with Crippen molar-refractivity contribution in [3.8, 4) is 0 Å². The Hall–Kier alpha value is -0.910. The molecule has 2 N–H and O–H groups in total. The molecule has 2 rings (SSSR count). The molecule has 1 fully saturated rings. The Bertz CT molecular complexity index is 444.